The number of H-pyrrole nitrogens is 1. The standard InChI is InChI=1S/C15H13F4N3O/c1-22(13-7-2-10(8-20-13)15(17,18)19)9-14(23)21-12-5-3-11(16)4-6-12/h2-8H,9H2,1H3,(H,21,23)/p+1. The summed E-state index contributed by atoms with van der Waals surface area (Å²) < 4.78 is 50.2. The third-order valence-electron chi connectivity index (χ3n) is 3.04. The van der Waals surface area contributed by atoms with Gasteiger partial charge in [0.25, 0.3) is 11.7 Å². The minimum atomic E-state index is -4.42. The van der Waals surface area contributed by atoms with E-state index in [9.17, 15) is 22.4 Å². The largest absolute Gasteiger partial charge is 0.419 e. The second-order valence-electron chi connectivity index (χ2n) is 4.87. The molecule has 4 nitrogen and oxygen atoms in total. The van der Waals surface area contributed by atoms with Crippen LogP contribution in [0.1, 0.15) is 5.56 Å². The molecule has 2 rings (SSSR count). The highest BCUT2D eigenvalue weighted by Crippen LogP contribution is 2.28. The average molecular weight is 328 g/mol. The lowest BCUT2D eigenvalue weighted by Crippen LogP contribution is -2.33. The first kappa shape index (κ1) is 16.7. The first-order valence-electron chi connectivity index (χ1n) is 6.61. The molecule has 0 fully saturated rings. The molecule has 0 unspecified atom stereocenters. The fourth-order valence-electron chi connectivity index (χ4n) is 1.86. The number of nitrogens with zero attached hydrogens (tertiary/aromatic N) is 1. The van der Waals surface area contributed by atoms with Crippen LogP contribution < -0.4 is 15.2 Å². The van der Waals surface area contributed by atoms with Crippen molar-refractivity contribution in [3.8, 4) is 0 Å². The lowest BCUT2D eigenvalue weighted by atomic mass is 10.2. The van der Waals surface area contributed by atoms with Crippen molar-refractivity contribution in [2.75, 3.05) is 23.8 Å². The molecule has 0 aliphatic heterocycles. The number of halogens is 4. The van der Waals surface area contributed by atoms with Crippen LogP contribution in [0.15, 0.2) is 42.6 Å². The van der Waals surface area contributed by atoms with E-state index in [1.807, 2.05) is 0 Å². The zero-order valence-electron chi connectivity index (χ0n) is 12.1. The third-order valence-corrected chi connectivity index (χ3v) is 3.04. The van der Waals surface area contributed by atoms with Crippen molar-refractivity contribution in [1.82, 2.24) is 0 Å². The number of aromatic nitrogens is 1. The number of amides is 1. The van der Waals surface area contributed by atoms with Gasteiger partial charge < -0.3 is 5.32 Å². The topological polar surface area (TPSA) is 46.5 Å². The number of aromatic amines is 1. The third kappa shape index (κ3) is 4.67. The fourth-order valence-corrected chi connectivity index (χ4v) is 1.86. The molecule has 0 saturated heterocycles. The summed E-state index contributed by atoms with van der Waals surface area (Å²) in [5.74, 6) is -0.445. The maximum absolute atomic E-state index is 12.8. The predicted molar refractivity (Wildman–Crippen MR) is 76.3 cm³/mol. The van der Waals surface area contributed by atoms with E-state index in [0.717, 1.165) is 12.3 Å². The molecule has 0 aliphatic carbocycles. The Bertz CT molecular complexity index is 669. The Balaban J connectivity index is 1.96. The zero-order valence-corrected chi connectivity index (χ0v) is 12.1. The van der Waals surface area contributed by atoms with Crippen molar-refractivity contribution in [2.24, 2.45) is 0 Å². The van der Waals surface area contributed by atoms with Crippen molar-refractivity contribution in [3.63, 3.8) is 0 Å². The van der Waals surface area contributed by atoms with Crippen molar-refractivity contribution >= 4 is 17.4 Å². The minimum Gasteiger partial charge on any atom is -0.323 e. The predicted octanol–water partition coefficient (Wildman–Crippen LogP) is 2.73. The van der Waals surface area contributed by atoms with E-state index in [1.54, 1.807) is 7.05 Å². The van der Waals surface area contributed by atoms with Crippen LogP contribution >= 0.6 is 0 Å². The lowest BCUT2D eigenvalue weighted by Gasteiger charge is -2.12. The normalized spacial score (nSPS) is 11.2. The zero-order chi connectivity index (χ0) is 17.0. The smallest absolute Gasteiger partial charge is 0.323 e. The van der Waals surface area contributed by atoms with Gasteiger partial charge in [-0.05, 0) is 30.3 Å². The molecule has 122 valence electrons. The first-order chi connectivity index (χ1) is 10.8. The minimum absolute atomic E-state index is 0.0841. The van der Waals surface area contributed by atoms with Crippen LogP contribution in [-0.4, -0.2) is 19.5 Å². The van der Waals surface area contributed by atoms with E-state index < -0.39 is 17.6 Å². The van der Waals surface area contributed by atoms with E-state index in [1.165, 1.54) is 35.2 Å². The monoisotopic (exact) mass is 328 g/mol. The highest BCUT2D eigenvalue weighted by molar-refractivity contribution is 5.93. The molecule has 0 aliphatic rings. The summed E-state index contributed by atoms with van der Waals surface area (Å²) in [6.45, 7) is -0.0841. The summed E-state index contributed by atoms with van der Waals surface area (Å²) in [5, 5.41) is 2.56. The van der Waals surface area contributed by atoms with Crippen molar-refractivity contribution in [3.05, 3.63) is 54.0 Å². The Kier molecular flexibility index (Phi) is 4.83. The number of anilines is 2. The Morgan fingerprint density at radius 1 is 1.17 bits per heavy atom. The SMILES string of the molecule is CN(CC(=O)Nc1ccc(F)cc1)c1ccc(C(F)(F)F)c[nH+]1. The number of hydrogen-bond donors (Lipinski definition) is 1. The number of carbonyl (C=O) groups is 1. The van der Waals surface area contributed by atoms with Crippen LogP contribution in [0, 0.1) is 5.82 Å². The number of carbonyl (C=O) groups excluding carboxylic acids is 1. The number of rotatable bonds is 4. The maximum Gasteiger partial charge on any atom is 0.419 e. The molecule has 2 N–H and O–H groups in total. The van der Waals surface area contributed by atoms with Gasteiger partial charge >= 0.3 is 6.18 Å². The molecule has 0 spiro atoms. The number of nitrogens with one attached hydrogen (secondary N) is 2. The summed E-state index contributed by atoms with van der Waals surface area (Å²) in [5.41, 5.74) is -0.369. The van der Waals surface area contributed by atoms with Crippen LogP contribution in [0.25, 0.3) is 0 Å². The molecule has 0 bridgehead atoms. The van der Waals surface area contributed by atoms with Gasteiger partial charge in [-0.25, -0.2) is 9.37 Å². The molecule has 1 amide bonds. The molecular formula is C15H14F4N3O+. The van der Waals surface area contributed by atoms with Gasteiger partial charge in [-0.1, -0.05) is 0 Å². The molecule has 0 atom stereocenters. The van der Waals surface area contributed by atoms with Crippen molar-refractivity contribution < 1.29 is 27.3 Å². The molecule has 1 aromatic heterocycles. The number of hydrogen-bond acceptors (Lipinski definition) is 2. The van der Waals surface area contributed by atoms with Gasteiger partial charge in [0.1, 0.15) is 12.0 Å². The summed E-state index contributed by atoms with van der Waals surface area (Å²) in [7, 11) is 1.56. The molecule has 1 heterocycles. The van der Waals surface area contributed by atoms with Crippen LogP contribution in [-0.2, 0) is 11.0 Å². The van der Waals surface area contributed by atoms with Gasteiger partial charge in [0.15, 0.2) is 6.54 Å². The Hall–Kier alpha value is -2.64. The molecule has 0 radical (unpaired) electrons. The molecule has 2 aromatic rings. The maximum atomic E-state index is 12.8. The van der Waals surface area contributed by atoms with E-state index >= 15 is 0 Å². The van der Waals surface area contributed by atoms with E-state index in [2.05, 4.69) is 10.3 Å². The van der Waals surface area contributed by atoms with Gasteiger partial charge in [-0.3, -0.25) is 9.69 Å². The van der Waals surface area contributed by atoms with Crippen molar-refractivity contribution in [1.29, 1.82) is 0 Å². The molecule has 23 heavy (non-hydrogen) atoms. The summed E-state index contributed by atoms with van der Waals surface area (Å²) in [6.07, 6.45) is -3.59. The first-order valence-corrected chi connectivity index (χ1v) is 6.61. The van der Waals surface area contributed by atoms with Crippen molar-refractivity contribution in [2.45, 2.75) is 6.18 Å². The van der Waals surface area contributed by atoms with Crippen LogP contribution in [0.2, 0.25) is 0 Å². The summed E-state index contributed by atoms with van der Waals surface area (Å²) >= 11 is 0. The Morgan fingerprint density at radius 3 is 2.35 bits per heavy atom. The average Bonchev–Trinajstić information content (AvgIpc) is 2.49. The quantitative estimate of drug-likeness (QED) is 0.877. The van der Waals surface area contributed by atoms with Crippen LogP contribution in [0.5, 0.6) is 0 Å². The van der Waals surface area contributed by atoms with E-state index in [-0.39, 0.29) is 12.5 Å². The highest BCUT2D eigenvalue weighted by Gasteiger charge is 2.32. The van der Waals surface area contributed by atoms with Crippen LogP contribution in [0.4, 0.5) is 29.1 Å². The van der Waals surface area contributed by atoms with E-state index in [0.29, 0.717) is 11.5 Å². The highest BCUT2D eigenvalue weighted by atomic mass is 19.4. The lowest BCUT2D eigenvalue weighted by molar-refractivity contribution is -0.367. The molecular weight excluding hydrogens is 314 g/mol. The van der Waals surface area contributed by atoms with Gasteiger partial charge in [-0.15, -0.1) is 0 Å². The van der Waals surface area contributed by atoms with Gasteiger partial charge in [0.2, 0.25) is 0 Å². The number of pyridine rings is 1. The van der Waals surface area contributed by atoms with Gasteiger partial charge in [-0.2, -0.15) is 13.2 Å². The fraction of sp³-hybridized carbons (Fsp3) is 0.200. The Morgan fingerprint density at radius 2 is 1.83 bits per heavy atom. The second-order valence-corrected chi connectivity index (χ2v) is 4.87. The van der Waals surface area contributed by atoms with Crippen LogP contribution in [0.3, 0.4) is 0 Å². The number of alkyl halides is 3. The molecule has 0 saturated carbocycles. The van der Waals surface area contributed by atoms with Gasteiger partial charge in [0.05, 0.1) is 12.6 Å². The van der Waals surface area contributed by atoms with Gasteiger partial charge in [0, 0.05) is 11.8 Å². The molecule has 8 heteroatoms. The Labute approximate surface area is 129 Å². The van der Waals surface area contributed by atoms with E-state index in [4.69, 9.17) is 0 Å². The summed E-state index contributed by atoms with van der Waals surface area (Å²) in [6, 6.07) is 7.43. The molecule has 1 aromatic carbocycles. The number of benzene rings is 1. The summed E-state index contributed by atoms with van der Waals surface area (Å²) in [4.78, 5) is 15.8. The second kappa shape index (κ2) is 6.64. The number of likely N-dealkylation sites (N-methyl/N-ethyl adjacent to an activating group) is 1.